The molecule has 1 fully saturated rings. The van der Waals surface area contributed by atoms with Gasteiger partial charge in [-0.1, -0.05) is 19.9 Å². The molecule has 7 nitrogen and oxygen atoms in total. The summed E-state index contributed by atoms with van der Waals surface area (Å²) in [6, 6.07) is 4.64. The maximum absolute atomic E-state index is 14.6. The number of carbonyl (C=O) groups is 1. The fourth-order valence-corrected chi connectivity index (χ4v) is 3.79. The number of rotatable bonds is 7. The lowest BCUT2D eigenvalue weighted by Gasteiger charge is -2.47. The number of aryl methyl sites for hydroxylation is 1. The summed E-state index contributed by atoms with van der Waals surface area (Å²) in [5.74, 6) is -4.13. The molecule has 10 heteroatoms. The Balaban J connectivity index is 1.87. The molecule has 2 N–H and O–H groups in total. The lowest BCUT2D eigenvalue weighted by Crippen LogP contribution is -2.70. The Morgan fingerprint density at radius 2 is 1.88 bits per heavy atom. The third kappa shape index (κ3) is 4.55. The van der Waals surface area contributed by atoms with Gasteiger partial charge in [-0.2, -0.15) is 0 Å². The number of nitrogens with zero attached hydrogens (tertiary/aromatic N) is 2. The van der Waals surface area contributed by atoms with Crippen LogP contribution in [0.15, 0.2) is 30.3 Å². The van der Waals surface area contributed by atoms with E-state index in [0.717, 1.165) is 17.0 Å². The van der Waals surface area contributed by atoms with E-state index in [1.807, 2.05) is 0 Å². The van der Waals surface area contributed by atoms with Gasteiger partial charge in [0.25, 0.3) is 5.91 Å². The first-order valence-corrected chi connectivity index (χ1v) is 10.1. The van der Waals surface area contributed by atoms with Crippen LogP contribution in [0.1, 0.15) is 36.2 Å². The van der Waals surface area contributed by atoms with Crippen molar-refractivity contribution in [2.45, 2.75) is 38.8 Å². The molecule has 0 saturated carbocycles. The number of nitro groups is 1. The van der Waals surface area contributed by atoms with Gasteiger partial charge in [0.05, 0.1) is 30.0 Å². The molecule has 1 amide bonds. The van der Waals surface area contributed by atoms with Gasteiger partial charge in [-0.3, -0.25) is 14.9 Å². The molecule has 1 aliphatic heterocycles. The van der Waals surface area contributed by atoms with Crippen molar-refractivity contribution in [2.75, 3.05) is 18.4 Å². The molecule has 1 saturated heterocycles. The van der Waals surface area contributed by atoms with Crippen LogP contribution in [0.25, 0.3) is 0 Å². The number of benzene rings is 2. The highest BCUT2D eigenvalue weighted by molar-refractivity contribution is 6.01. The number of nitrogens with one attached hydrogen (secondary N) is 1. The number of carbonyl (C=O) groups excluding carboxylic acids is 1. The van der Waals surface area contributed by atoms with Crippen LogP contribution in [0.2, 0.25) is 0 Å². The molecule has 32 heavy (non-hydrogen) atoms. The molecule has 1 heterocycles. The Bertz CT molecular complexity index is 1050. The van der Waals surface area contributed by atoms with Gasteiger partial charge in [0, 0.05) is 11.3 Å². The summed E-state index contributed by atoms with van der Waals surface area (Å²) >= 11 is 0. The van der Waals surface area contributed by atoms with E-state index in [9.17, 15) is 33.2 Å². The molecule has 1 unspecified atom stereocenters. The van der Waals surface area contributed by atoms with Crippen LogP contribution < -0.4 is 5.32 Å². The fourth-order valence-electron chi connectivity index (χ4n) is 3.79. The summed E-state index contributed by atoms with van der Waals surface area (Å²) in [5, 5.41) is 24.5. The first-order valence-electron chi connectivity index (χ1n) is 10.1. The molecule has 0 spiro atoms. The number of β-amino-alcohol motifs (C(OH)–C–C–N with tert-alkyl or cyclic N) is 1. The Kier molecular flexibility index (Phi) is 6.45. The second-order valence-corrected chi connectivity index (χ2v) is 8.59. The largest absolute Gasteiger partial charge is 0.379 e. The van der Waals surface area contributed by atoms with Gasteiger partial charge in [-0.25, -0.2) is 13.2 Å². The van der Waals surface area contributed by atoms with E-state index in [0.29, 0.717) is 5.56 Å². The summed E-state index contributed by atoms with van der Waals surface area (Å²) in [6.07, 6.45) is 0.121. The quantitative estimate of drug-likeness (QED) is 0.490. The van der Waals surface area contributed by atoms with Crippen LogP contribution >= 0.6 is 0 Å². The molecule has 3 rings (SSSR count). The zero-order valence-electron chi connectivity index (χ0n) is 17.9. The summed E-state index contributed by atoms with van der Waals surface area (Å²) in [4.78, 5) is 24.9. The Labute approximate surface area is 183 Å². The molecule has 2 aromatic carbocycles. The average Bonchev–Trinajstić information content (AvgIpc) is 2.68. The minimum absolute atomic E-state index is 0.0504. The fraction of sp³-hybridized carbons (Fsp3) is 0.409. The van der Waals surface area contributed by atoms with Crippen molar-refractivity contribution in [1.82, 2.24) is 4.90 Å². The summed E-state index contributed by atoms with van der Waals surface area (Å²) in [6.45, 7) is 4.56. The van der Waals surface area contributed by atoms with Crippen LogP contribution in [0.4, 0.5) is 24.5 Å². The summed E-state index contributed by atoms with van der Waals surface area (Å²) in [7, 11) is 0. The van der Waals surface area contributed by atoms with E-state index in [1.54, 1.807) is 26.8 Å². The van der Waals surface area contributed by atoms with Gasteiger partial charge in [0.1, 0.15) is 5.82 Å². The smallest absolute Gasteiger partial charge is 0.256 e. The molecule has 172 valence electrons. The highest BCUT2D eigenvalue weighted by Gasteiger charge is 2.55. The van der Waals surface area contributed by atoms with E-state index < -0.39 is 45.6 Å². The van der Waals surface area contributed by atoms with E-state index in [2.05, 4.69) is 5.32 Å². The predicted octanol–water partition coefficient (Wildman–Crippen LogP) is 4.03. The highest BCUT2D eigenvalue weighted by Crippen LogP contribution is 2.34. The zero-order chi connectivity index (χ0) is 23.8. The standard InChI is InChI=1S/C22H24F3N3O4/c1-12(2)8-18(28(31)32)22(30)10-27(11-22)21(29)14-5-6-15(23)19(25)20(14)26-17-7-4-13(3)9-16(17)24/h4-7,9,12,18,26,30H,8,10-11H2,1-3H3. The van der Waals surface area contributed by atoms with Crippen molar-refractivity contribution in [3.05, 3.63) is 69.0 Å². The van der Waals surface area contributed by atoms with Crippen LogP contribution in [0.5, 0.6) is 0 Å². The molecule has 0 aliphatic carbocycles. The zero-order valence-corrected chi connectivity index (χ0v) is 17.9. The van der Waals surface area contributed by atoms with Gasteiger partial charge >= 0.3 is 0 Å². The molecule has 2 aromatic rings. The maximum Gasteiger partial charge on any atom is 0.256 e. The van der Waals surface area contributed by atoms with Gasteiger partial charge in [0.15, 0.2) is 17.2 Å². The normalized spacial score (nSPS) is 15.9. The second kappa shape index (κ2) is 8.78. The third-order valence-electron chi connectivity index (χ3n) is 5.50. The van der Waals surface area contributed by atoms with Crippen molar-refractivity contribution in [3.8, 4) is 0 Å². The van der Waals surface area contributed by atoms with Crippen molar-refractivity contribution >= 4 is 17.3 Å². The van der Waals surface area contributed by atoms with E-state index in [-0.39, 0.29) is 36.7 Å². The molecule has 1 atom stereocenters. The third-order valence-corrected chi connectivity index (χ3v) is 5.50. The van der Waals surface area contributed by atoms with Crippen molar-refractivity contribution in [2.24, 2.45) is 5.92 Å². The molecule has 0 bridgehead atoms. The summed E-state index contributed by atoms with van der Waals surface area (Å²) in [5.41, 5.74) is -2.10. The van der Waals surface area contributed by atoms with Gasteiger partial charge in [-0.15, -0.1) is 0 Å². The van der Waals surface area contributed by atoms with E-state index in [4.69, 9.17) is 0 Å². The molecule has 0 radical (unpaired) electrons. The topological polar surface area (TPSA) is 95.7 Å². The Morgan fingerprint density at radius 3 is 2.44 bits per heavy atom. The van der Waals surface area contributed by atoms with E-state index >= 15 is 0 Å². The first kappa shape index (κ1) is 23.5. The Hall–Kier alpha value is -3.14. The lowest BCUT2D eigenvalue weighted by atomic mass is 9.81. The first-order chi connectivity index (χ1) is 14.9. The number of hydrogen-bond donors (Lipinski definition) is 2. The van der Waals surface area contributed by atoms with Crippen LogP contribution in [0, 0.1) is 40.4 Å². The average molecular weight is 451 g/mol. The number of hydrogen-bond acceptors (Lipinski definition) is 5. The van der Waals surface area contributed by atoms with Crippen molar-refractivity contribution in [3.63, 3.8) is 0 Å². The number of anilines is 2. The number of aliphatic hydroxyl groups is 1. The minimum atomic E-state index is -1.72. The SMILES string of the molecule is Cc1ccc(Nc2c(C(=O)N3CC(O)(C(CC(C)C)[N+](=O)[O-])C3)ccc(F)c2F)c(F)c1. The van der Waals surface area contributed by atoms with Crippen molar-refractivity contribution in [1.29, 1.82) is 0 Å². The second-order valence-electron chi connectivity index (χ2n) is 8.59. The minimum Gasteiger partial charge on any atom is -0.379 e. The van der Waals surface area contributed by atoms with Gasteiger partial charge in [0.2, 0.25) is 6.04 Å². The monoisotopic (exact) mass is 451 g/mol. The Morgan fingerprint density at radius 1 is 1.22 bits per heavy atom. The predicted molar refractivity (Wildman–Crippen MR) is 112 cm³/mol. The number of likely N-dealkylation sites (tertiary alicyclic amines) is 1. The summed E-state index contributed by atoms with van der Waals surface area (Å²) < 4.78 is 42.7. The van der Waals surface area contributed by atoms with Gasteiger partial charge < -0.3 is 15.3 Å². The molecular formula is C22H24F3N3O4. The van der Waals surface area contributed by atoms with Gasteiger partial charge in [-0.05, 0) is 42.7 Å². The molecule has 0 aromatic heterocycles. The van der Waals surface area contributed by atoms with Crippen LogP contribution in [-0.4, -0.2) is 45.6 Å². The van der Waals surface area contributed by atoms with E-state index in [1.165, 1.54) is 12.1 Å². The van der Waals surface area contributed by atoms with Crippen molar-refractivity contribution < 1.29 is 28.0 Å². The van der Waals surface area contributed by atoms with Crippen LogP contribution in [0.3, 0.4) is 0 Å². The number of amides is 1. The maximum atomic E-state index is 14.6. The molecule has 1 aliphatic rings. The highest BCUT2D eigenvalue weighted by atomic mass is 19.2. The molecular weight excluding hydrogens is 427 g/mol. The number of halogens is 3. The van der Waals surface area contributed by atoms with Crippen LogP contribution in [-0.2, 0) is 0 Å². The lowest BCUT2D eigenvalue weighted by molar-refractivity contribution is -0.552.